The first kappa shape index (κ1) is 92.1. The van der Waals surface area contributed by atoms with Gasteiger partial charge in [0.25, 0.3) is 0 Å². The number of hydrogen-bond acceptors (Lipinski definition) is 15. The molecule has 0 heterocycles. The zero-order valence-corrected chi connectivity index (χ0v) is 63.4. The van der Waals surface area contributed by atoms with E-state index < -0.39 is 97.5 Å². The maximum Gasteiger partial charge on any atom is 0.472 e. The number of carbonyl (C=O) groups excluding carboxylic acids is 4. The lowest BCUT2D eigenvalue weighted by Gasteiger charge is -2.21. The van der Waals surface area contributed by atoms with E-state index in [0.717, 1.165) is 114 Å². The molecule has 0 bridgehead atoms. The summed E-state index contributed by atoms with van der Waals surface area (Å²) in [6, 6.07) is 0. The van der Waals surface area contributed by atoms with Gasteiger partial charge in [-0.15, -0.1) is 0 Å². The molecule has 4 unspecified atom stereocenters. The number of unbranched alkanes of at least 4 members (excludes halogenated alkanes) is 37. The first-order valence-electron chi connectivity index (χ1n) is 38.7. The molecule has 0 aromatic heterocycles. The second-order valence-corrected chi connectivity index (χ2v) is 31.6. The Morgan fingerprint density at radius 1 is 0.298 bits per heavy atom. The molecule has 94 heavy (non-hydrogen) atoms. The summed E-state index contributed by atoms with van der Waals surface area (Å²) >= 11 is 0. The Morgan fingerprint density at radius 2 is 0.511 bits per heavy atom. The number of rotatable bonds is 72. The summed E-state index contributed by atoms with van der Waals surface area (Å²) in [5.41, 5.74) is 0. The van der Waals surface area contributed by atoms with E-state index in [2.05, 4.69) is 55.4 Å². The average Bonchev–Trinajstić information content (AvgIpc) is 1.56. The van der Waals surface area contributed by atoms with E-state index in [1.807, 2.05) is 0 Å². The van der Waals surface area contributed by atoms with Crippen LogP contribution in [0, 0.1) is 23.7 Å². The minimum Gasteiger partial charge on any atom is -0.462 e. The van der Waals surface area contributed by atoms with Crippen molar-refractivity contribution in [3.63, 3.8) is 0 Å². The van der Waals surface area contributed by atoms with Crippen molar-refractivity contribution >= 4 is 39.5 Å². The van der Waals surface area contributed by atoms with Gasteiger partial charge in [0, 0.05) is 25.7 Å². The topological polar surface area (TPSA) is 237 Å². The van der Waals surface area contributed by atoms with Crippen molar-refractivity contribution < 1.29 is 80.2 Å². The largest absolute Gasteiger partial charge is 0.472 e. The van der Waals surface area contributed by atoms with Crippen LogP contribution in [-0.4, -0.2) is 96.7 Å². The van der Waals surface area contributed by atoms with E-state index in [-0.39, 0.29) is 25.7 Å². The van der Waals surface area contributed by atoms with Crippen LogP contribution >= 0.6 is 15.6 Å². The maximum absolute atomic E-state index is 13.1. The third-order valence-corrected chi connectivity index (χ3v) is 19.6. The van der Waals surface area contributed by atoms with Crippen LogP contribution in [0.4, 0.5) is 0 Å². The number of aliphatic hydroxyl groups is 1. The Balaban J connectivity index is 5.24. The standard InChI is InChI=1S/C75H146O17P2/c1-9-68(8)54-46-38-30-20-17-18-22-33-41-49-57-74(79)91-70(61-85-72(77)55-47-39-31-21-16-14-12-10-11-13-15-19-27-35-43-51-65(2)3)63-89-93(81,82)87-59-69(76)60-88-94(83,84)90-64-71(92-75(80)58-50-42-34-26-24-29-37-45-53-67(6)7)62-86-73(78)56-48-40-32-25-23-28-36-44-52-66(4)5/h65-71,76H,9-64H2,1-8H3,(H,81,82)(H,83,84)/t68?,69?,70-,71-/m1/s1. The lowest BCUT2D eigenvalue weighted by molar-refractivity contribution is -0.161. The van der Waals surface area contributed by atoms with Crippen molar-refractivity contribution in [3.8, 4) is 0 Å². The number of carbonyl (C=O) groups is 4. The Morgan fingerprint density at radius 3 is 0.755 bits per heavy atom. The molecule has 0 amide bonds. The lowest BCUT2D eigenvalue weighted by Crippen LogP contribution is -2.30. The molecule has 0 fully saturated rings. The molecule has 558 valence electrons. The summed E-state index contributed by atoms with van der Waals surface area (Å²) in [6.07, 6.45) is 48.6. The first-order valence-corrected chi connectivity index (χ1v) is 41.7. The van der Waals surface area contributed by atoms with Crippen LogP contribution < -0.4 is 0 Å². The average molecular weight is 1380 g/mol. The molecular formula is C75H146O17P2. The highest BCUT2D eigenvalue weighted by Gasteiger charge is 2.30. The summed E-state index contributed by atoms with van der Waals surface area (Å²) in [4.78, 5) is 72.8. The van der Waals surface area contributed by atoms with E-state index in [4.69, 9.17) is 37.0 Å². The second-order valence-electron chi connectivity index (χ2n) is 28.7. The van der Waals surface area contributed by atoms with E-state index in [1.54, 1.807) is 0 Å². The highest BCUT2D eigenvalue weighted by molar-refractivity contribution is 7.47. The molecule has 0 aliphatic rings. The molecule has 0 saturated heterocycles. The zero-order valence-electron chi connectivity index (χ0n) is 61.6. The van der Waals surface area contributed by atoms with Crippen LogP contribution in [-0.2, 0) is 65.4 Å². The van der Waals surface area contributed by atoms with Crippen LogP contribution in [0.5, 0.6) is 0 Å². The van der Waals surface area contributed by atoms with Gasteiger partial charge in [0.2, 0.25) is 0 Å². The molecule has 0 aliphatic heterocycles. The van der Waals surface area contributed by atoms with E-state index in [1.165, 1.54) is 180 Å². The van der Waals surface area contributed by atoms with Crippen LogP contribution in [0.1, 0.15) is 376 Å². The Labute approximate surface area is 575 Å². The number of esters is 4. The van der Waals surface area contributed by atoms with Gasteiger partial charge in [0.1, 0.15) is 19.3 Å². The van der Waals surface area contributed by atoms with Crippen molar-refractivity contribution in [3.05, 3.63) is 0 Å². The van der Waals surface area contributed by atoms with Gasteiger partial charge in [0.05, 0.1) is 26.4 Å². The van der Waals surface area contributed by atoms with Gasteiger partial charge in [-0.25, -0.2) is 9.13 Å². The minimum atomic E-state index is -4.96. The second kappa shape index (κ2) is 64.4. The highest BCUT2D eigenvalue weighted by Crippen LogP contribution is 2.45. The van der Waals surface area contributed by atoms with Crippen LogP contribution in [0.25, 0.3) is 0 Å². The quantitative estimate of drug-likeness (QED) is 0.0222. The van der Waals surface area contributed by atoms with Crippen molar-refractivity contribution in [2.24, 2.45) is 23.7 Å². The fourth-order valence-corrected chi connectivity index (χ4v) is 12.9. The number of ether oxygens (including phenoxy) is 4. The molecule has 17 nitrogen and oxygen atoms in total. The summed E-state index contributed by atoms with van der Waals surface area (Å²) in [7, 11) is -9.91. The van der Waals surface area contributed by atoms with Crippen molar-refractivity contribution in [2.45, 2.75) is 395 Å². The van der Waals surface area contributed by atoms with Gasteiger partial charge in [-0.05, 0) is 49.4 Å². The van der Waals surface area contributed by atoms with Gasteiger partial charge < -0.3 is 33.8 Å². The lowest BCUT2D eigenvalue weighted by atomic mass is 9.99. The van der Waals surface area contributed by atoms with Crippen molar-refractivity contribution in [2.75, 3.05) is 39.6 Å². The SMILES string of the molecule is CCC(C)CCCCCCCCCCCCC(=O)O[C@H](COC(=O)CCCCCCCCCCCCCCCCCC(C)C)COP(=O)(O)OCC(O)COP(=O)(O)OC[C@@H](COC(=O)CCCCCCCCCCC(C)C)OC(=O)CCCCCCCCCCC(C)C. The third-order valence-electron chi connectivity index (χ3n) is 17.7. The summed E-state index contributed by atoms with van der Waals surface area (Å²) in [6.45, 7) is 14.2. The van der Waals surface area contributed by atoms with Crippen LogP contribution in [0.3, 0.4) is 0 Å². The molecule has 0 aromatic rings. The number of aliphatic hydroxyl groups excluding tert-OH is 1. The van der Waals surface area contributed by atoms with Gasteiger partial charge in [-0.2, -0.15) is 0 Å². The monoisotopic (exact) mass is 1380 g/mol. The van der Waals surface area contributed by atoms with Crippen LogP contribution in [0.15, 0.2) is 0 Å². The highest BCUT2D eigenvalue weighted by atomic mass is 31.2. The number of hydrogen-bond donors (Lipinski definition) is 3. The van der Waals surface area contributed by atoms with Gasteiger partial charge in [0.15, 0.2) is 12.2 Å². The smallest absolute Gasteiger partial charge is 0.462 e. The summed E-state index contributed by atoms with van der Waals surface area (Å²) in [5.74, 6) is 0.930. The minimum absolute atomic E-state index is 0.104. The van der Waals surface area contributed by atoms with Crippen molar-refractivity contribution in [1.29, 1.82) is 0 Å². The van der Waals surface area contributed by atoms with E-state index >= 15 is 0 Å². The Bertz CT molecular complexity index is 1850. The molecule has 0 saturated carbocycles. The van der Waals surface area contributed by atoms with Gasteiger partial charge in [-0.1, -0.05) is 325 Å². The molecule has 6 atom stereocenters. The molecule has 0 aromatic carbocycles. The van der Waals surface area contributed by atoms with Crippen LogP contribution in [0.2, 0.25) is 0 Å². The normalized spacial score (nSPS) is 14.4. The van der Waals surface area contributed by atoms with E-state index in [0.29, 0.717) is 25.7 Å². The molecule has 0 rings (SSSR count). The molecule has 19 heteroatoms. The fraction of sp³-hybridized carbons (Fsp3) is 0.947. The number of phosphoric acid groups is 2. The Hall–Kier alpha value is -1.94. The van der Waals surface area contributed by atoms with E-state index in [9.17, 15) is 43.2 Å². The maximum atomic E-state index is 13.1. The molecule has 0 aliphatic carbocycles. The Kier molecular flexibility index (Phi) is 63.1. The fourth-order valence-electron chi connectivity index (χ4n) is 11.3. The van der Waals surface area contributed by atoms with Gasteiger partial charge >= 0.3 is 39.5 Å². The molecule has 3 N–H and O–H groups in total. The molecular weight excluding hydrogens is 1230 g/mol. The predicted molar refractivity (Wildman–Crippen MR) is 381 cm³/mol. The third kappa shape index (κ3) is 67.3. The first-order chi connectivity index (χ1) is 45.1. The van der Waals surface area contributed by atoms with Gasteiger partial charge in [-0.3, -0.25) is 37.3 Å². The zero-order chi connectivity index (χ0) is 69.6. The number of phosphoric ester groups is 2. The van der Waals surface area contributed by atoms with Crippen molar-refractivity contribution in [1.82, 2.24) is 0 Å². The molecule has 0 radical (unpaired) electrons. The summed E-state index contributed by atoms with van der Waals surface area (Å²) in [5, 5.41) is 10.6. The molecule has 0 spiro atoms. The predicted octanol–water partition coefficient (Wildman–Crippen LogP) is 21.7. The summed E-state index contributed by atoms with van der Waals surface area (Å²) < 4.78 is 68.5.